The van der Waals surface area contributed by atoms with Crippen molar-refractivity contribution in [2.45, 2.75) is 25.4 Å². The summed E-state index contributed by atoms with van der Waals surface area (Å²) in [4.78, 5) is 2.44. The molecule has 2 bridgehead atoms. The zero-order chi connectivity index (χ0) is 12.5. The van der Waals surface area contributed by atoms with E-state index in [2.05, 4.69) is 18.1 Å². The number of rotatable bonds is 4. The molecule has 2 atom stereocenters. The molecule has 1 aliphatic carbocycles. The lowest BCUT2D eigenvalue weighted by molar-refractivity contribution is -0.0668. The second-order valence-corrected chi connectivity index (χ2v) is 5.57. The van der Waals surface area contributed by atoms with Crippen LogP contribution in [0.2, 0.25) is 0 Å². The fourth-order valence-electron chi connectivity index (χ4n) is 3.29. The Morgan fingerprint density at radius 1 is 1.35 bits per heavy atom. The molecule has 2 nitrogen and oxygen atoms in total. The molecule has 0 spiro atoms. The van der Waals surface area contributed by atoms with Gasteiger partial charge in [-0.05, 0) is 25.3 Å². The number of hydrogen-bond acceptors (Lipinski definition) is 2. The van der Waals surface area contributed by atoms with Crippen molar-refractivity contribution in [3.05, 3.63) is 37.0 Å². The Morgan fingerprint density at radius 3 is 2.41 bits per heavy atom. The molecule has 0 radical (unpaired) electrons. The zero-order valence-corrected chi connectivity index (χ0v) is 10.7. The predicted octanol–water partition coefficient (Wildman–Crippen LogP) is 2.38. The number of allylic oxidation sites excluding steroid dienone is 2. The highest BCUT2D eigenvalue weighted by Crippen LogP contribution is 2.44. The maximum Gasteiger partial charge on any atom is 0.0700 e. The third kappa shape index (κ3) is 2.38. The molecule has 0 aromatic heterocycles. The largest absolute Gasteiger partial charge is 0.390 e. The number of fused-ring (bicyclic) bond motifs is 2. The van der Waals surface area contributed by atoms with Gasteiger partial charge in [0.05, 0.1) is 5.60 Å². The summed E-state index contributed by atoms with van der Waals surface area (Å²) in [7, 11) is 0. The molecular weight excluding hydrogens is 210 g/mol. The zero-order valence-electron chi connectivity index (χ0n) is 10.7. The number of hydrogen-bond donors (Lipinski definition) is 1. The van der Waals surface area contributed by atoms with Gasteiger partial charge in [0.1, 0.15) is 0 Å². The standard InChI is InChI=1S/C15H23NO/c1-4-6-12(5-2)9-16-10-13-7-8-14(11-16)15(13,3)17/h4-6,13-14,17H,1-2,7-11H2,3H3/b12-6+. The van der Waals surface area contributed by atoms with Gasteiger partial charge in [0.2, 0.25) is 0 Å². The SMILES string of the molecule is C=C/C=C(\C=C)CN1CC2CCC(C1)C2(C)O. The maximum absolute atomic E-state index is 10.4. The Hall–Kier alpha value is -0.860. The number of likely N-dealkylation sites (tertiary alicyclic amines) is 1. The van der Waals surface area contributed by atoms with Crippen LogP contribution < -0.4 is 0 Å². The first-order valence-electron chi connectivity index (χ1n) is 6.46. The first-order chi connectivity index (χ1) is 8.07. The van der Waals surface area contributed by atoms with E-state index in [1.807, 2.05) is 25.2 Å². The molecular formula is C15H23NO. The minimum absolute atomic E-state index is 0.438. The molecule has 1 saturated carbocycles. The van der Waals surface area contributed by atoms with Crippen LogP contribution in [0, 0.1) is 11.8 Å². The molecule has 1 aliphatic heterocycles. The molecule has 2 unspecified atom stereocenters. The second-order valence-electron chi connectivity index (χ2n) is 5.57. The third-order valence-electron chi connectivity index (χ3n) is 4.47. The van der Waals surface area contributed by atoms with E-state index in [9.17, 15) is 5.11 Å². The molecule has 1 N–H and O–H groups in total. The fraction of sp³-hybridized carbons (Fsp3) is 0.600. The lowest BCUT2D eigenvalue weighted by atomic mass is 9.82. The normalized spacial score (nSPS) is 38.1. The van der Waals surface area contributed by atoms with Crippen molar-refractivity contribution in [1.82, 2.24) is 4.90 Å². The molecule has 94 valence electrons. The molecule has 0 amide bonds. The van der Waals surface area contributed by atoms with Crippen LogP contribution in [0.1, 0.15) is 19.8 Å². The summed E-state index contributed by atoms with van der Waals surface area (Å²) in [6.45, 7) is 12.5. The molecule has 17 heavy (non-hydrogen) atoms. The van der Waals surface area contributed by atoms with Crippen molar-refractivity contribution in [3.63, 3.8) is 0 Å². The Balaban J connectivity index is 2.01. The number of nitrogens with zero attached hydrogens (tertiary/aromatic N) is 1. The summed E-state index contributed by atoms with van der Waals surface area (Å²) >= 11 is 0. The van der Waals surface area contributed by atoms with Gasteiger partial charge in [-0.1, -0.05) is 31.4 Å². The van der Waals surface area contributed by atoms with Crippen molar-refractivity contribution in [1.29, 1.82) is 0 Å². The average molecular weight is 233 g/mol. The van der Waals surface area contributed by atoms with Crippen LogP contribution in [-0.2, 0) is 0 Å². The van der Waals surface area contributed by atoms with Crippen molar-refractivity contribution >= 4 is 0 Å². The van der Waals surface area contributed by atoms with Gasteiger partial charge in [0.25, 0.3) is 0 Å². The third-order valence-corrected chi connectivity index (χ3v) is 4.47. The van der Waals surface area contributed by atoms with Crippen LogP contribution >= 0.6 is 0 Å². The van der Waals surface area contributed by atoms with Gasteiger partial charge < -0.3 is 5.11 Å². The van der Waals surface area contributed by atoms with E-state index >= 15 is 0 Å². The van der Waals surface area contributed by atoms with E-state index in [1.54, 1.807) is 0 Å². The highest BCUT2D eigenvalue weighted by Gasteiger charge is 2.49. The first kappa shape index (κ1) is 12.6. The van der Waals surface area contributed by atoms with Crippen LogP contribution in [0.25, 0.3) is 0 Å². The summed E-state index contributed by atoms with van der Waals surface area (Å²) in [5.74, 6) is 0.882. The van der Waals surface area contributed by atoms with Crippen LogP contribution in [-0.4, -0.2) is 35.2 Å². The van der Waals surface area contributed by atoms with Crippen LogP contribution in [0.3, 0.4) is 0 Å². The van der Waals surface area contributed by atoms with Crippen LogP contribution in [0.15, 0.2) is 37.0 Å². The second kappa shape index (κ2) is 4.79. The maximum atomic E-state index is 10.4. The van der Waals surface area contributed by atoms with Gasteiger partial charge in [-0.3, -0.25) is 4.90 Å². The van der Waals surface area contributed by atoms with Crippen molar-refractivity contribution in [3.8, 4) is 0 Å². The number of aliphatic hydroxyl groups is 1. The molecule has 1 heterocycles. The van der Waals surface area contributed by atoms with Crippen molar-refractivity contribution < 1.29 is 5.11 Å². The van der Waals surface area contributed by atoms with Gasteiger partial charge in [-0.15, -0.1) is 0 Å². The van der Waals surface area contributed by atoms with Gasteiger partial charge in [-0.2, -0.15) is 0 Å². The molecule has 2 rings (SSSR count). The van der Waals surface area contributed by atoms with E-state index in [0.717, 1.165) is 19.6 Å². The monoisotopic (exact) mass is 233 g/mol. The predicted molar refractivity (Wildman–Crippen MR) is 71.8 cm³/mol. The summed E-state index contributed by atoms with van der Waals surface area (Å²) in [5.41, 5.74) is 0.772. The molecule has 2 aliphatic rings. The highest BCUT2D eigenvalue weighted by atomic mass is 16.3. The molecule has 0 aromatic carbocycles. The summed E-state index contributed by atoms with van der Waals surface area (Å²) in [6, 6.07) is 0. The van der Waals surface area contributed by atoms with Crippen LogP contribution in [0.4, 0.5) is 0 Å². The van der Waals surface area contributed by atoms with E-state index in [-0.39, 0.29) is 0 Å². The first-order valence-corrected chi connectivity index (χ1v) is 6.46. The van der Waals surface area contributed by atoms with Gasteiger partial charge in [0.15, 0.2) is 0 Å². The Bertz CT molecular complexity index is 327. The van der Waals surface area contributed by atoms with E-state index in [1.165, 1.54) is 18.4 Å². The molecule has 0 aromatic rings. The Morgan fingerprint density at radius 2 is 1.94 bits per heavy atom. The lowest BCUT2D eigenvalue weighted by Crippen LogP contribution is -2.52. The topological polar surface area (TPSA) is 23.5 Å². The minimum atomic E-state index is -0.438. The minimum Gasteiger partial charge on any atom is -0.390 e. The van der Waals surface area contributed by atoms with Gasteiger partial charge in [-0.25, -0.2) is 0 Å². The van der Waals surface area contributed by atoms with E-state index < -0.39 is 5.60 Å². The summed E-state index contributed by atoms with van der Waals surface area (Å²) in [5, 5.41) is 10.4. The Labute approximate surface area is 104 Å². The van der Waals surface area contributed by atoms with Gasteiger partial charge in [0, 0.05) is 31.5 Å². The van der Waals surface area contributed by atoms with Crippen molar-refractivity contribution in [2.75, 3.05) is 19.6 Å². The van der Waals surface area contributed by atoms with E-state index in [0.29, 0.717) is 11.8 Å². The quantitative estimate of drug-likeness (QED) is 0.754. The lowest BCUT2D eigenvalue weighted by Gasteiger charge is -2.42. The van der Waals surface area contributed by atoms with E-state index in [4.69, 9.17) is 0 Å². The molecule has 1 saturated heterocycles. The molecule has 2 heteroatoms. The van der Waals surface area contributed by atoms with Gasteiger partial charge >= 0.3 is 0 Å². The Kier molecular flexibility index (Phi) is 3.55. The smallest absolute Gasteiger partial charge is 0.0700 e. The highest BCUT2D eigenvalue weighted by molar-refractivity contribution is 5.23. The summed E-state index contributed by atoms with van der Waals surface area (Å²) in [6.07, 6.45) is 8.06. The number of piperidine rings is 1. The van der Waals surface area contributed by atoms with Crippen LogP contribution in [0.5, 0.6) is 0 Å². The fourth-order valence-corrected chi connectivity index (χ4v) is 3.29. The summed E-state index contributed by atoms with van der Waals surface area (Å²) < 4.78 is 0. The molecule has 2 fully saturated rings. The average Bonchev–Trinajstić information content (AvgIpc) is 2.50. The van der Waals surface area contributed by atoms with Crippen molar-refractivity contribution in [2.24, 2.45) is 11.8 Å².